The van der Waals surface area contributed by atoms with Gasteiger partial charge < -0.3 is 0 Å². The summed E-state index contributed by atoms with van der Waals surface area (Å²) >= 11 is 0. The van der Waals surface area contributed by atoms with Crippen molar-refractivity contribution in [2.75, 3.05) is 0 Å². The van der Waals surface area contributed by atoms with Crippen LogP contribution in [0, 0.1) is 35.0 Å². The van der Waals surface area contributed by atoms with Gasteiger partial charge in [0.05, 0.1) is 0 Å². The van der Waals surface area contributed by atoms with E-state index in [0.29, 0.717) is 5.92 Å². The zero-order chi connectivity index (χ0) is 13.1. The van der Waals surface area contributed by atoms with Crippen LogP contribution in [-0.2, 0) is 0 Å². The lowest BCUT2D eigenvalue weighted by atomic mass is 9.51. The second kappa shape index (κ2) is 3.75. The largest absolute Gasteiger partial charge is 0.0602 e. The van der Waals surface area contributed by atoms with Gasteiger partial charge in [-0.1, -0.05) is 20.8 Å². The second-order valence-electron chi connectivity index (χ2n) is 7.73. The van der Waals surface area contributed by atoms with Crippen LogP contribution in [0.25, 0.3) is 0 Å². The van der Waals surface area contributed by atoms with Crippen molar-refractivity contribution in [1.82, 2.24) is 0 Å². The molecule has 0 unspecified atom stereocenters. The van der Waals surface area contributed by atoms with Crippen LogP contribution in [-0.4, -0.2) is 0 Å². The molecule has 0 nitrogen and oxygen atoms in total. The van der Waals surface area contributed by atoms with Crippen LogP contribution in [0.5, 0.6) is 0 Å². The summed E-state index contributed by atoms with van der Waals surface area (Å²) in [6.45, 7) is 6.18. The van der Waals surface area contributed by atoms with E-state index in [4.69, 9.17) is 2.74 Å². The zero-order valence-electron chi connectivity index (χ0n) is 13.1. The van der Waals surface area contributed by atoms with E-state index in [1.54, 1.807) is 0 Å². The van der Waals surface area contributed by atoms with Crippen molar-refractivity contribution in [3.63, 3.8) is 0 Å². The topological polar surface area (TPSA) is 0 Å². The molecule has 4 aliphatic carbocycles. The van der Waals surface area contributed by atoms with Gasteiger partial charge in [-0.25, -0.2) is 0 Å². The van der Waals surface area contributed by atoms with E-state index < -0.39 is 6.37 Å². The summed E-state index contributed by atoms with van der Waals surface area (Å²) in [6.07, 6.45) is 6.95. The fourth-order valence-corrected chi connectivity index (χ4v) is 4.80. The molecule has 0 aliphatic heterocycles. The average Bonchev–Trinajstić information content (AvgIpc) is 2.20. The van der Waals surface area contributed by atoms with Gasteiger partial charge in [0.2, 0.25) is 0 Å². The van der Waals surface area contributed by atoms with Crippen LogP contribution in [0.15, 0.2) is 0 Å². The summed E-state index contributed by atoms with van der Waals surface area (Å²) in [5, 5.41) is 0. The Kier molecular flexibility index (Phi) is 2.11. The Hall–Kier alpha value is 0. The van der Waals surface area contributed by atoms with E-state index in [9.17, 15) is 0 Å². The maximum absolute atomic E-state index is 8.42. The molecule has 0 N–H and O–H groups in total. The molecule has 0 spiro atoms. The van der Waals surface area contributed by atoms with E-state index in [1.807, 2.05) is 0 Å². The SMILES string of the molecule is [2H]C([2H])(CC1C2CC3CC(C2)CC1C3)C(C)(C)C. The quantitative estimate of drug-likeness (QED) is 0.624. The van der Waals surface area contributed by atoms with E-state index >= 15 is 0 Å². The third-order valence-electron chi connectivity index (χ3n) is 5.29. The molecule has 0 heteroatoms. The molecular formula is C16H28. The molecule has 0 aromatic carbocycles. The lowest BCUT2D eigenvalue weighted by molar-refractivity contribution is -0.0430. The normalized spacial score (nSPS) is 49.1. The van der Waals surface area contributed by atoms with Crippen molar-refractivity contribution in [1.29, 1.82) is 0 Å². The molecule has 0 saturated heterocycles. The highest BCUT2D eigenvalue weighted by Gasteiger charge is 2.47. The number of rotatable bonds is 2. The molecular weight excluding hydrogens is 192 g/mol. The van der Waals surface area contributed by atoms with Crippen LogP contribution in [0.2, 0.25) is 0 Å². The van der Waals surface area contributed by atoms with Gasteiger partial charge in [-0.3, -0.25) is 0 Å². The van der Waals surface area contributed by atoms with Crippen molar-refractivity contribution in [3.05, 3.63) is 0 Å². The minimum Gasteiger partial charge on any atom is -0.0602 e. The fraction of sp³-hybridized carbons (Fsp3) is 1.00. The Bertz CT molecular complexity index is 298. The first-order valence-electron chi connectivity index (χ1n) is 8.26. The highest BCUT2D eigenvalue weighted by molar-refractivity contribution is 4.98. The molecule has 4 saturated carbocycles. The van der Waals surface area contributed by atoms with Crippen molar-refractivity contribution in [3.8, 4) is 0 Å². The summed E-state index contributed by atoms with van der Waals surface area (Å²) in [5.41, 5.74) is -0.221. The summed E-state index contributed by atoms with van der Waals surface area (Å²) in [7, 11) is 0. The predicted molar refractivity (Wildman–Crippen MR) is 69.2 cm³/mol. The maximum atomic E-state index is 8.42. The van der Waals surface area contributed by atoms with Crippen molar-refractivity contribution in [2.45, 2.75) is 65.7 Å². The average molecular weight is 222 g/mol. The molecule has 4 aliphatic rings. The molecule has 0 aromatic rings. The standard InChI is InChI=1S/C16H28/c1-16(2,3)5-4-15-13-7-11-6-12(9-13)10-14(15)8-11/h11-15H,4-10H2,1-3H3/i5D2. The Labute approximate surface area is 104 Å². The lowest BCUT2D eigenvalue weighted by Crippen LogP contribution is -2.45. The molecule has 0 amide bonds. The van der Waals surface area contributed by atoms with Crippen LogP contribution in [0.3, 0.4) is 0 Å². The predicted octanol–water partition coefficient (Wildman–Crippen LogP) is 4.89. The Morgan fingerprint density at radius 3 is 1.88 bits per heavy atom. The third kappa shape index (κ3) is 2.05. The number of hydrogen-bond donors (Lipinski definition) is 0. The van der Waals surface area contributed by atoms with E-state index in [1.165, 1.54) is 32.1 Å². The first-order valence-corrected chi connectivity index (χ1v) is 7.26. The summed E-state index contributed by atoms with van der Waals surface area (Å²) in [5.74, 6) is 4.41. The molecule has 16 heavy (non-hydrogen) atoms. The highest BCUT2D eigenvalue weighted by atomic mass is 14.5. The van der Waals surface area contributed by atoms with Gasteiger partial charge in [0.15, 0.2) is 0 Å². The molecule has 4 fully saturated rings. The molecule has 4 rings (SSSR count). The third-order valence-corrected chi connectivity index (χ3v) is 5.29. The van der Waals surface area contributed by atoms with Gasteiger partial charge in [-0.15, -0.1) is 0 Å². The second-order valence-corrected chi connectivity index (χ2v) is 7.73. The number of hydrogen-bond acceptors (Lipinski definition) is 0. The minimum atomic E-state index is -1.01. The molecule has 0 aromatic heterocycles. The van der Waals surface area contributed by atoms with Crippen LogP contribution < -0.4 is 0 Å². The lowest BCUT2D eigenvalue weighted by Gasteiger charge is -2.55. The van der Waals surface area contributed by atoms with Crippen molar-refractivity contribution >= 4 is 0 Å². The fourth-order valence-electron chi connectivity index (χ4n) is 4.80. The first-order chi connectivity index (χ1) is 8.26. The van der Waals surface area contributed by atoms with Crippen molar-refractivity contribution in [2.24, 2.45) is 35.0 Å². The molecule has 0 heterocycles. The Balaban J connectivity index is 1.74. The molecule has 0 radical (unpaired) electrons. The highest BCUT2D eigenvalue weighted by Crippen LogP contribution is 2.57. The van der Waals surface area contributed by atoms with Gasteiger partial charge in [0.1, 0.15) is 0 Å². The van der Waals surface area contributed by atoms with E-state index in [-0.39, 0.29) is 5.41 Å². The minimum absolute atomic E-state index is 0.221. The van der Waals surface area contributed by atoms with Gasteiger partial charge in [0.25, 0.3) is 0 Å². The van der Waals surface area contributed by atoms with Gasteiger partial charge >= 0.3 is 0 Å². The zero-order valence-corrected chi connectivity index (χ0v) is 11.1. The van der Waals surface area contributed by atoms with Crippen LogP contribution in [0.4, 0.5) is 0 Å². The van der Waals surface area contributed by atoms with Crippen LogP contribution in [0.1, 0.15) is 68.4 Å². The molecule has 4 bridgehead atoms. The maximum Gasteiger partial charge on any atom is 0.0272 e. The first kappa shape index (κ1) is 9.00. The van der Waals surface area contributed by atoms with E-state index in [0.717, 1.165) is 30.1 Å². The summed E-state index contributed by atoms with van der Waals surface area (Å²) in [6, 6.07) is 0. The van der Waals surface area contributed by atoms with Gasteiger partial charge in [-0.2, -0.15) is 0 Å². The van der Waals surface area contributed by atoms with Gasteiger partial charge in [0, 0.05) is 2.74 Å². The van der Waals surface area contributed by atoms with Crippen LogP contribution >= 0.6 is 0 Å². The van der Waals surface area contributed by atoms with Crippen molar-refractivity contribution < 1.29 is 2.74 Å². The smallest absolute Gasteiger partial charge is 0.0272 e. The molecule has 0 atom stereocenters. The Morgan fingerprint density at radius 2 is 1.44 bits per heavy atom. The summed E-state index contributed by atoms with van der Waals surface area (Å²) in [4.78, 5) is 0. The molecule has 92 valence electrons. The Morgan fingerprint density at radius 1 is 0.938 bits per heavy atom. The van der Waals surface area contributed by atoms with Gasteiger partial charge in [-0.05, 0) is 79.9 Å². The van der Waals surface area contributed by atoms with E-state index in [2.05, 4.69) is 20.8 Å². The monoisotopic (exact) mass is 222 g/mol. The summed E-state index contributed by atoms with van der Waals surface area (Å²) < 4.78 is 16.8.